The van der Waals surface area contributed by atoms with Crippen LogP contribution in [0.25, 0.3) is 0 Å². The lowest BCUT2D eigenvalue weighted by molar-refractivity contribution is -0.119. The monoisotopic (exact) mass is 474 g/mol. The summed E-state index contributed by atoms with van der Waals surface area (Å²) in [4.78, 5) is 44.5. The number of carbonyl (C=O) groups is 3. The number of likely N-dealkylation sites (N-methyl/N-ethyl adjacent to an activating group) is 1. The van der Waals surface area contributed by atoms with Crippen LogP contribution in [0.15, 0.2) is 76.5 Å². The fourth-order valence-corrected chi connectivity index (χ4v) is 5.01. The number of esters is 1. The number of ether oxygens (including phenoxy) is 1. The maximum Gasteiger partial charge on any atom is 0.338 e. The minimum Gasteiger partial charge on any atom is -0.462 e. The van der Waals surface area contributed by atoms with E-state index >= 15 is 0 Å². The van der Waals surface area contributed by atoms with Crippen molar-refractivity contribution in [2.24, 2.45) is 0 Å². The van der Waals surface area contributed by atoms with Crippen molar-refractivity contribution in [3.63, 3.8) is 0 Å². The van der Waals surface area contributed by atoms with Crippen LogP contribution in [0.1, 0.15) is 40.1 Å². The highest BCUT2D eigenvalue weighted by molar-refractivity contribution is 7.99. The van der Waals surface area contributed by atoms with Crippen LogP contribution >= 0.6 is 11.8 Å². The number of rotatable bonds is 5. The van der Waals surface area contributed by atoms with Crippen molar-refractivity contribution in [1.82, 2.24) is 0 Å². The van der Waals surface area contributed by atoms with Gasteiger partial charge in [-0.25, -0.2) is 4.79 Å². The lowest BCUT2D eigenvalue weighted by atomic mass is 10.1. The fourth-order valence-electron chi connectivity index (χ4n) is 3.96. The average Bonchev–Trinajstić information content (AvgIpc) is 2.96. The summed E-state index contributed by atoms with van der Waals surface area (Å²) >= 11 is 1.44. The van der Waals surface area contributed by atoms with Crippen molar-refractivity contribution in [1.29, 1.82) is 0 Å². The summed E-state index contributed by atoms with van der Waals surface area (Å²) in [6, 6.07) is 19.3. The van der Waals surface area contributed by atoms with Crippen LogP contribution in [-0.2, 0) is 9.53 Å². The van der Waals surface area contributed by atoms with Crippen LogP contribution in [-0.4, -0.2) is 37.5 Å². The third kappa shape index (κ3) is 4.43. The first-order valence-corrected chi connectivity index (χ1v) is 11.9. The predicted molar refractivity (Wildman–Crippen MR) is 134 cm³/mol. The molecule has 174 valence electrons. The van der Waals surface area contributed by atoms with E-state index in [9.17, 15) is 14.4 Å². The second-order valence-electron chi connectivity index (χ2n) is 8.09. The molecule has 0 radical (unpaired) electrons. The SMILES string of the molecule is CCOC(=O)c1ccc2c(c1)N(C(C)C(=O)N(C)c1cccc(C)c1)C(=O)c1ccccc1S2. The lowest BCUT2D eigenvalue weighted by Gasteiger charge is -2.32. The Morgan fingerprint density at radius 2 is 1.79 bits per heavy atom. The molecule has 3 aromatic carbocycles. The molecule has 34 heavy (non-hydrogen) atoms. The van der Waals surface area contributed by atoms with Gasteiger partial charge in [0.25, 0.3) is 5.91 Å². The summed E-state index contributed by atoms with van der Waals surface area (Å²) in [5.41, 5.74) is 3.13. The van der Waals surface area contributed by atoms with Crippen LogP contribution in [0.3, 0.4) is 0 Å². The zero-order valence-corrected chi connectivity index (χ0v) is 20.4. The second kappa shape index (κ2) is 9.73. The Morgan fingerprint density at radius 3 is 2.53 bits per heavy atom. The van der Waals surface area contributed by atoms with Gasteiger partial charge in [0.2, 0.25) is 5.91 Å². The fraction of sp³-hybridized carbons (Fsp3) is 0.222. The standard InChI is InChI=1S/C27H26N2O4S/c1-5-33-27(32)19-13-14-24-22(16-19)29(26(31)21-11-6-7-12-23(21)34-24)18(3)25(30)28(4)20-10-8-9-17(2)15-20/h6-16,18H,5H2,1-4H3. The van der Waals surface area contributed by atoms with Gasteiger partial charge in [-0.3, -0.25) is 14.5 Å². The molecule has 6 nitrogen and oxygen atoms in total. The van der Waals surface area contributed by atoms with Crippen LogP contribution in [0.5, 0.6) is 0 Å². The third-order valence-electron chi connectivity index (χ3n) is 5.75. The van der Waals surface area contributed by atoms with Gasteiger partial charge in [0.15, 0.2) is 0 Å². The van der Waals surface area contributed by atoms with E-state index < -0.39 is 12.0 Å². The molecule has 0 N–H and O–H groups in total. The molecule has 0 saturated carbocycles. The average molecular weight is 475 g/mol. The Hall–Kier alpha value is -3.58. The number of carbonyl (C=O) groups excluding carboxylic acids is 3. The zero-order valence-electron chi connectivity index (χ0n) is 19.6. The molecule has 0 saturated heterocycles. The molecular formula is C27H26N2O4S. The Morgan fingerprint density at radius 1 is 1.03 bits per heavy atom. The van der Waals surface area contributed by atoms with Crippen LogP contribution in [0, 0.1) is 6.92 Å². The van der Waals surface area contributed by atoms with Gasteiger partial charge in [0.05, 0.1) is 23.4 Å². The summed E-state index contributed by atoms with van der Waals surface area (Å²) in [5, 5.41) is 0. The molecule has 1 aliphatic heterocycles. The molecule has 0 aromatic heterocycles. The highest BCUT2D eigenvalue weighted by Crippen LogP contribution is 2.42. The van der Waals surface area contributed by atoms with E-state index in [0.29, 0.717) is 16.8 Å². The molecule has 2 amide bonds. The van der Waals surface area contributed by atoms with Crippen molar-refractivity contribution >= 4 is 40.9 Å². The minimum atomic E-state index is -0.819. The van der Waals surface area contributed by atoms with Crippen molar-refractivity contribution in [2.45, 2.75) is 36.6 Å². The molecule has 0 fully saturated rings. The number of fused-ring (bicyclic) bond motifs is 2. The van der Waals surface area contributed by atoms with E-state index in [1.165, 1.54) is 16.7 Å². The highest BCUT2D eigenvalue weighted by Gasteiger charge is 2.35. The first-order chi connectivity index (χ1) is 16.3. The van der Waals surface area contributed by atoms with Gasteiger partial charge < -0.3 is 9.64 Å². The second-order valence-corrected chi connectivity index (χ2v) is 9.17. The molecule has 1 aliphatic rings. The molecule has 3 aromatic rings. The van der Waals surface area contributed by atoms with Crippen molar-refractivity contribution in [2.75, 3.05) is 23.5 Å². The van der Waals surface area contributed by atoms with Gasteiger partial charge in [0, 0.05) is 22.5 Å². The Bertz CT molecular complexity index is 1270. The molecule has 1 unspecified atom stereocenters. The summed E-state index contributed by atoms with van der Waals surface area (Å²) in [5.74, 6) is -1.00. The van der Waals surface area contributed by atoms with Gasteiger partial charge in [-0.15, -0.1) is 0 Å². The van der Waals surface area contributed by atoms with E-state index in [0.717, 1.165) is 21.0 Å². The summed E-state index contributed by atoms with van der Waals surface area (Å²) in [7, 11) is 1.70. The summed E-state index contributed by atoms with van der Waals surface area (Å²) < 4.78 is 5.16. The first kappa shape index (κ1) is 23.6. The van der Waals surface area contributed by atoms with Crippen LogP contribution in [0.2, 0.25) is 0 Å². The Balaban J connectivity index is 1.80. The van der Waals surface area contributed by atoms with E-state index in [1.807, 2.05) is 43.3 Å². The number of nitrogens with zero attached hydrogens (tertiary/aromatic N) is 2. The number of anilines is 2. The third-order valence-corrected chi connectivity index (χ3v) is 6.89. The number of hydrogen-bond donors (Lipinski definition) is 0. The molecule has 0 aliphatic carbocycles. The van der Waals surface area contributed by atoms with E-state index in [-0.39, 0.29) is 18.4 Å². The largest absolute Gasteiger partial charge is 0.462 e. The van der Waals surface area contributed by atoms with Gasteiger partial charge in [-0.2, -0.15) is 0 Å². The smallest absolute Gasteiger partial charge is 0.338 e. The predicted octanol–water partition coefficient (Wildman–Crippen LogP) is 5.33. The maximum atomic E-state index is 13.8. The van der Waals surface area contributed by atoms with Crippen molar-refractivity contribution in [3.8, 4) is 0 Å². The van der Waals surface area contributed by atoms with Gasteiger partial charge >= 0.3 is 5.97 Å². The van der Waals surface area contributed by atoms with Crippen LogP contribution in [0.4, 0.5) is 11.4 Å². The maximum absolute atomic E-state index is 13.8. The van der Waals surface area contributed by atoms with E-state index in [2.05, 4.69) is 0 Å². The topological polar surface area (TPSA) is 66.9 Å². The quantitative estimate of drug-likeness (QED) is 0.467. The number of benzene rings is 3. The molecule has 7 heteroatoms. The number of hydrogen-bond acceptors (Lipinski definition) is 5. The first-order valence-electron chi connectivity index (χ1n) is 11.1. The van der Waals surface area contributed by atoms with Gasteiger partial charge in [-0.1, -0.05) is 36.0 Å². The van der Waals surface area contributed by atoms with E-state index in [4.69, 9.17) is 4.74 Å². The molecule has 1 heterocycles. The summed E-state index contributed by atoms with van der Waals surface area (Å²) in [6.45, 7) is 5.66. The lowest BCUT2D eigenvalue weighted by Crippen LogP contribution is -2.49. The molecule has 1 atom stereocenters. The molecule has 0 spiro atoms. The Labute approximate surface area is 203 Å². The van der Waals surface area contributed by atoms with Crippen molar-refractivity contribution in [3.05, 3.63) is 83.4 Å². The van der Waals surface area contributed by atoms with Crippen LogP contribution < -0.4 is 9.80 Å². The van der Waals surface area contributed by atoms with Crippen molar-refractivity contribution < 1.29 is 19.1 Å². The van der Waals surface area contributed by atoms with Gasteiger partial charge in [0.1, 0.15) is 6.04 Å². The zero-order chi connectivity index (χ0) is 24.4. The summed E-state index contributed by atoms with van der Waals surface area (Å²) in [6.07, 6.45) is 0. The van der Waals surface area contributed by atoms with E-state index in [1.54, 1.807) is 56.1 Å². The number of amides is 2. The Kier molecular flexibility index (Phi) is 6.75. The van der Waals surface area contributed by atoms with Gasteiger partial charge in [-0.05, 0) is 68.8 Å². The minimum absolute atomic E-state index is 0.240. The molecule has 4 rings (SSSR count). The number of aryl methyl sites for hydroxylation is 1. The molecule has 0 bridgehead atoms. The molecular weight excluding hydrogens is 448 g/mol. The highest BCUT2D eigenvalue weighted by atomic mass is 32.2. The normalized spacial score (nSPS) is 13.4.